The number of thiazole rings is 1. The second-order valence-electron chi connectivity index (χ2n) is 5.12. The van der Waals surface area contributed by atoms with Gasteiger partial charge in [0.2, 0.25) is 5.91 Å². The summed E-state index contributed by atoms with van der Waals surface area (Å²) in [5.74, 6) is 0.347. The number of nitrogens with one attached hydrogen (secondary N) is 1. The molecule has 0 fully saturated rings. The number of hydrogen-bond donors (Lipinski definition) is 1. The van der Waals surface area contributed by atoms with E-state index in [2.05, 4.69) is 20.3 Å². The van der Waals surface area contributed by atoms with Gasteiger partial charge in [-0.1, -0.05) is 12.1 Å². The normalized spacial score (nSPS) is 11.0. The molecule has 0 unspecified atom stereocenters. The SMILES string of the molecule is CC(=O)Nc1nc2cnccc2cc1-c1nc2ccccc2s1. The van der Waals surface area contributed by atoms with Crippen molar-refractivity contribution in [3.63, 3.8) is 0 Å². The number of nitrogens with zero attached hydrogens (tertiary/aromatic N) is 3. The van der Waals surface area contributed by atoms with Crippen molar-refractivity contribution < 1.29 is 4.79 Å². The summed E-state index contributed by atoms with van der Waals surface area (Å²) in [5.41, 5.74) is 2.50. The Kier molecular flexibility index (Phi) is 3.24. The summed E-state index contributed by atoms with van der Waals surface area (Å²) in [7, 11) is 0. The van der Waals surface area contributed by atoms with Gasteiger partial charge in [0.05, 0.1) is 27.5 Å². The van der Waals surface area contributed by atoms with Crippen LogP contribution in [0, 0.1) is 0 Å². The molecule has 5 nitrogen and oxygen atoms in total. The molecule has 1 N–H and O–H groups in total. The number of rotatable bonds is 2. The molecule has 0 aliphatic rings. The van der Waals surface area contributed by atoms with Crippen LogP contribution in [0.2, 0.25) is 0 Å². The van der Waals surface area contributed by atoms with Gasteiger partial charge in [0.15, 0.2) is 0 Å². The lowest BCUT2D eigenvalue weighted by molar-refractivity contribution is -0.114. The molecule has 0 saturated carbocycles. The molecule has 1 aromatic carbocycles. The summed E-state index contributed by atoms with van der Waals surface area (Å²) < 4.78 is 1.10. The van der Waals surface area contributed by atoms with E-state index in [4.69, 9.17) is 0 Å². The van der Waals surface area contributed by atoms with Crippen molar-refractivity contribution in [2.75, 3.05) is 5.32 Å². The number of para-hydroxylation sites is 1. The number of aromatic nitrogens is 3. The highest BCUT2D eigenvalue weighted by molar-refractivity contribution is 7.21. The van der Waals surface area contributed by atoms with E-state index < -0.39 is 0 Å². The molecule has 0 saturated heterocycles. The maximum Gasteiger partial charge on any atom is 0.222 e. The third-order valence-corrected chi connectivity index (χ3v) is 4.51. The molecule has 0 aliphatic heterocycles. The maximum atomic E-state index is 11.5. The zero-order valence-electron chi connectivity index (χ0n) is 12.3. The summed E-state index contributed by atoms with van der Waals surface area (Å²) in [6, 6.07) is 11.9. The fourth-order valence-electron chi connectivity index (χ4n) is 2.43. The zero-order chi connectivity index (χ0) is 15.8. The van der Waals surface area contributed by atoms with E-state index in [0.717, 1.165) is 31.7 Å². The Bertz CT molecular complexity index is 1010. The van der Waals surface area contributed by atoms with Crippen LogP contribution in [-0.4, -0.2) is 20.9 Å². The molecule has 4 rings (SSSR count). The van der Waals surface area contributed by atoms with Gasteiger partial charge in [-0.05, 0) is 24.3 Å². The van der Waals surface area contributed by atoms with E-state index in [1.165, 1.54) is 6.92 Å². The average Bonchev–Trinajstić information content (AvgIpc) is 2.97. The lowest BCUT2D eigenvalue weighted by Gasteiger charge is -2.08. The van der Waals surface area contributed by atoms with Crippen molar-refractivity contribution in [1.82, 2.24) is 15.0 Å². The zero-order valence-corrected chi connectivity index (χ0v) is 13.1. The second-order valence-corrected chi connectivity index (χ2v) is 6.15. The van der Waals surface area contributed by atoms with Crippen molar-refractivity contribution in [2.24, 2.45) is 0 Å². The molecule has 6 heteroatoms. The molecule has 3 heterocycles. The first-order valence-electron chi connectivity index (χ1n) is 7.09. The fourth-order valence-corrected chi connectivity index (χ4v) is 3.41. The van der Waals surface area contributed by atoms with Gasteiger partial charge in [-0.25, -0.2) is 9.97 Å². The van der Waals surface area contributed by atoms with E-state index in [-0.39, 0.29) is 5.91 Å². The average molecular weight is 320 g/mol. The first-order chi connectivity index (χ1) is 11.2. The third-order valence-electron chi connectivity index (χ3n) is 3.44. The summed E-state index contributed by atoms with van der Waals surface area (Å²) >= 11 is 1.58. The number of amides is 1. The summed E-state index contributed by atoms with van der Waals surface area (Å²) in [5, 5.41) is 4.59. The van der Waals surface area contributed by atoms with Gasteiger partial charge in [0, 0.05) is 18.5 Å². The molecular weight excluding hydrogens is 308 g/mol. The van der Waals surface area contributed by atoms with Gasteiger partial charge in [-0.15, -0.1) is 11.3 Å². The van der Waals surface area contributed by atoms with Gasteiger partial charge in [0.25, 0.3) is 0 Å². The fraction of sp³-hybridized carbons (Fsp3) is 0.0588. The van der Waals surface area contributed by atoms with Crippen molar-refractivity contribution in [2.45, 2.75) is 6.92 Å². The topological polar surface area (TPSA) is 67.8 Å². The van der Waals surface area contributed by atoms with Gasteiger partial charge < -0.3 is 5.32 Å². The first kappa shape index (κ1) is 13.8. The number of pyridine rings is 2. The summed E-state index contributed by atoms with van der Waals surface area (Å²) in [6.45, 7) is 1.47. The summed E-state index contributed by atoms with van der Waals surface area (Å²) in [4.78, 5) is 24.8. The van der Waals surface area contributed by atoms with Gasteiger partial charge >= 0.3 is 0 Å². The third kappa shape index (κ3) is 2.53. The molecular formula is C17H12N4OS. The minimum absolute atomic E-state index is 0.164. The van der Waals surface area contributed by atoms with Crippen LogP contribution in [0.25, 0.3) is 31.7 Å². The molecule has 1 amide bonds. The molecule has 0 radical (unpaired) electrons. The standard InChI is InChI=1S/C17H12N4OS/c1-10(22)19-16-12(8-11-6-7-18-9-14(11)20-16)17-21-13-4-2-3-5-15(13)23-17/h2-9H,1H3,(H,19,20,22). The van der Waals surface area contributed by atoms with Crippen LogP contribution >= 0.6 is 11.3 Å². The van der Waals surface area contributed by atoms with E-state index in [1.807, 2.05) is 36.4 Å². The molecule has 4 aromatic rings. The van der Waals surface area contributed by atoms with E-state index in [1.54, 1.807) is 23.7 Å². The maximum absolute atomic E-state index is 11.5. The number of carbonyl (C=O) groups excluding carboxylic acids is 1. The van der Waals surface area contributed by atoms with Crippen LogP contribution in [0.1, 0.15) is 6.92 Å². The molecule has 112 valence electrons. The number of hydrogen-bond acceptors (Lipinski definition) is 5. The van der Waals surface area contributed by atoms with Gasteiger partial charge in [0.1, 0.15) is 10.8 Å². The Balaban J connectivity index is 1.97. The molecule has 0 bridgehead atoms. The molecule has 0 aliphatic carbocycles. The van der Waals surface area contributed by atoms with E-state index in [0.29, 0.717) is 5.82 Å². The smallest absolute Gasteiger partial charge is 0.222 e. The van der Waals surface area contributed by atoms with Crippen LogP contribution < -0.4 is 5.32 Å². The minimum atomic E-state index is -0.164. The van der Waals surface area contributed by atoms with Crippen molar-refractivity contribution in [1.29, 1.82) is 0 Å². The Morgan fingerprint density at radius 3 is 2.83 bits per heavy atom. The number of anilines is 1. The largest absolute Gasteiger partial charge is 0.310 e. The van der Waals surface area contributed by atoms with Gasteiger partial charge in [-0.2, -0.15) is 0 Å². The van der Waals surface area contributed by atoms with Crippen molar-refractivity contribution in [3.05, 3.63) is 48.8 Å². The van der Waals surface area contributed by atoms with Crippen molar-refractivity contribution >= 4 is 44.2 Å². The lowest BCUT2D eigenvalue weighted by Crippen LogP contribution is -2.09. The van der Waals surface area contributed by atoms with E-state index >= 15 is 0 Å². The monoisotopic (exact) mass is 320 g/mol. The Morgan fingerprint density at radius 1 is 1.13 bits per heavy atom. The number of benzene rings is 1. The van der Waals surface area contributed by atoms with Crippen LogP contribution in [0.4, 0.5) is 5.82 Å². The van der Waals surface area contributed by atoms with Gasteiger partial charge in [-0.3, -0.25) is 9.78 Å². The Labute approximate surface area is 136 Å². The molecule has 23 heavy (non-hydrogen) atoms. The van der Waals surface area contributed by atoms with Crippen LogP contribution in [-0.2, 0) is 4.79 Å². The molecule has 3 aromatic heterocycles. The summed E-state index contributed by atoms with van der Waals surface area (Å²) in [6.07, 6.45) is 3.41. The van der Waals surface area contributed by atoms with E-state index in [9.17, 15) is 4.79 Å². The van der Waals surface area contributed by atoms with Crippen molar-refractivity contribution in [3.8, 4) is 10.6 Å². The Morgan fingerprint density at radius 2 is 2.00 bits per heavy atom. The minimum Gasteiger partial charge on any atom is -0.310 e. The highest BCUT2D eigenvalue weighted by atomic mass is 32.1. The quantitative estimate of drug-likeness (QED) is 0.609. The molecule has 0 atom stereocenters. The van der Waals surface area contributed by atoms with Crippen LogP contribution in [0.15, 0.2) is 48.8 Å². The molecule has 0 spiro atoms. The first-order valence-corrected chi connectivity index (χ1v) is 7.91. The Hall–Kier alpha value is -2.86. The predicted octanol–water partition coefficient (Wildman–Crippen LogP) is 3.86. The number of fused-ring (bicyclic) bond motifs is 2. The number of carbonyl (C=O) groups is 1. The highest BCUT2D eigenvalue weighted by Gasteiger charge is 2.14. The van der Waals surface area contributed by atoms with Crippen LogP contribution in [0.5, 0.6) is 0 Å². The van der Waals surface area contributed by atoms with Crippen LogP contribution in [0.3, 0.4) is 0 Å². The second kappa shape index (κ2) is 5.40. The lowest BCUT2D eigenvalue weighted by atomic mass is 10.2. The highest BCUT2D eigenvalue weighted by Crippen LogP contribution is 2.35. The predicted molar refractivity (Wildman–Crippen MR) is 92.5 cm³/mol.